The van der Waals surface area contributed by atoms with E-state index in [0.717, 1.165) is 12.8 Å². The summed E-state index contributed by atoms with van der Waals surface area (Å²) < 4.78 is 17.1. The summed E-state index contributed by atoms with van der Waals surface area (Å²) in [4.78, 5) is 39.3. The number of anilines is 1. The molecule has 3 saturated carbocycles. The Kier molecular flexibility index (Phi) is 7.11. The van der Waals surface area contributed by atoms with Crippen LogP contribution >= 0.6 is 11.6 Å². The van der Waals surface area contributed by atoms with Crippen LogP contribution in [0.2, 0.25) is 5.02 Å². The Morgan fingerprint density at radius 2 is 1.71 bits per heavy atom. The second kappa shape index (κ2) is 10.7. The first kappa shape index (κ1) is 27.1. The van der Waals surface area contributed by atoms with Gasteiger partial charge in [0.2, 0.25) is 11.8 Å². The molecule has 0 spiro atoms. The van der Waals surface area contributed by atoms with Crippen LogP contribution in [-0.4, -0.2) is 32.9 Å². The molecule has 41 heavy (non-hydrogen) atoms. The second-order valence-electron chi connectivity index (χ2n) is 11.2. The number of nitrogens with one attached hydrogen (secondary N) is 2. The van der Waals surface area contributed by atoms with Crippen molar-refractivity contribution < 1.29 is 18.8 Å². The third kappa shape index (κ3) is 5.01. The predicted octanol–water partition coefficient (Wildman–Crippen LogP) is 6.40. The van der Waals surface area contributed by atoms with E-state index in [1.807, 2.05) is 24.3 Å². The van der Waals surface area contributed by atoms with E-state index in [9.17, 15) is 14.4 Å². The van der Waals surface area contributed by atoms with Crippen molar-refractivity contribution in [2.75, 3.05) is 5.32 Å². The van der Waals surface area contributed by atoms with E-state index in [1.165, 1.54) is 17.7 Å². The molecule has 1 heterocycles. The summed E-state index contributed by atoms with van der Waals surface area (Å²) in [5, 5.41) is 11.5. The van der Waals surface area contributed by atoms with E-state index in [1.54, 1.807) is 36.4 Å². The smallest absolute Gasteiger partial charge is 0.242 e. The number of hydrogen-bond donors (Lipinski definition) is 2. The maximum atomic E-state index is 15.6. The first-order chi connectivity index (χ1) is 19.8. The van der Waals surface area contributed by atoms with Gasteiger partial charge in [-0.25, -0.2) is 4.39 Å². The molecule has 3 aliphatic carbocycles. The molecule has 3 aromatic carbocycles. The number of para-hydroxylation sites is 1. The number of hydrogen-bond acceptors (Lipinski definition) is 4. The minimum absolute atomic E-state index is 0.0788. The molecule has 2 N–H and O–H groups in total. The Bertz CT molecular complexity index is 1670. The van der Waals surface area contributed by atoms with Gasteiger partial charge in [-0.05, 0) is 56.2 Å². The van der Waals surface area contributed by atoms with Crippen molar-refractivity contribution >= 4 is 45.8 Å². The molecule has 1 aromatic heterocycles. The largest absolute Gasteiger partial charge is 0.348 e. The Morgan fingerprint density at radius 1 is 1.00 bits per heavy atom. The van der Waals surface area contributed by atoms with E-state index in [0.29, 0.717) is 57.9 Å². The van der Waals surface area contributed by atoms with Crippen LogP contribution in [-0.2, 0) is 16.1 Å². The van der Waals surface area contributed by atoms with E-state index >= 15 is 4.39 Å². The Hall–Kier alpha value is -4.04. The van der Waals surface area contributed by atoms with Crippen molar-refractivity contribution in [2.45, 2.75) is 51.1 Å². The summed E-state index contributed by atoms with van der Waals surface area (Å²) in [5.74, 6) is -1.44. The number of benzene rings is 3. The number of halogens is 2. The lowest BCUT2D eigenvalue weighted by atomic mass is 9.59. The van der Waals surface area contributed by atoms with Crippen LogP contribution in [0.4, 0.5) is 10.1 Å². The summed E-state index contributed by atoms with van der Waals surface area (Å²) in [6.07, 6.45) is 3.79. The van der Waals surface area contributed by atoms with Gasteiger partial charge in [0, 0.05) is 28.5 Å². The number of carbonyl (C=O) groups is 3. The maximum absolute atomic E-state index is 15.6. The molecule has 3 aliphatic rings. The summed E-state index contributed by atoms with van der Waals surface area (Å²) in [7, 11) is 0. The molecule has 2 amide bonds. The molecule has 2 bridgehead atoms. The molecule has 9 heteroatoms. The zero-order valence-corrected chi connectivity index (χ0v) is 23.4. The van der Waals surface area contributed by atoms with Crippen LogP contribution in [0.15, 0.2) is 66.7 Å². The molecule has 0 radical (unpaired) electrons. The first-order valence-electron chi connectivity index (χ1n) is 13.9. The molecule has 7 nitrogen and oxygen atoms in total. The SMILES string of the molecule is CC(=O)c1nn(CC(=O)NC23CCC(CC2)CC3C(=O)Nc2cccc(-c3ccccc3Cl)c2F)c2ccccc12. The van der Waals surface area contributed by atoms with Gasteiger partial charge in [0.05, 0.1) is 22.7 Å². The van der Waals surface area contributed by atoms with Crippen LogP contribution in [0, 0.1) is 17.7 Å². The second-order valence-corrected chi connectivity index (χ2v) is 11.6. The average molecular weight is 573 g/mol. The number of carbonyl (C=O) groups excluding carboxylic acids is 3. The molecule has 3 fully saturated rings. The normalized spacial score (nSPS) is 21.5. The molecule has 1 unspecified atom stereocenters. The van der Waals surface area contributed by atoms with Gasteiger partial charge in [-0.1, -0.05) is 60.1 Å². The molecule has 210 valence electrons. The van der Waals surface area contributed by atoms with E-state index in [2.05, 4.69) is 15.7 Å². The van der Waals surface area contributed by atoms with Gasteiger partial charge in [-0.15, -0.1) is 0 Å². The van der Waals surface area contributed by atoms with Crippen molar-refractivity contribution in [3.05, 3.63) is 83.3 Å². The number of nitrogens with zero attached hydrogens (tertiary/aromatic N) is 2. The van der Waals surface area contributed by atoms with Gasteiger partial charge >= 0.3 is 0 Å². The number of aromatic nitrogens is 2. The van der Waals surface area contributed by atoms with Gasteiger partial charge in [-0.2, -0.15) is 5.10 Å². The molecular weight excluding hydrogens is 543 g/mol. The Balaban J connectivity index is 1.23. The van der Waals surface area contributed by atoms with Gasteiger partial charge in [-0.3, -0.25) is 19.1 Å². The summed E-state index contributed by atoms with van der Waals surface area (Å²) in [6, 6.07) is 19.2. The highest BCUT2D eigenvalue weighted by Crippen LogP contribution is 2.48. The summed E-state index contributed by atoms with van der Waals surface area (Å²) in [6.45, 7) is 1.37. The van der Waals surface area contributed by atoms with Gasteiger partial charge in [0.25, 0.3) is 0 Å². The van der Waals surface area contributed by atoms with Crippen LogP contribution in [0.5, 0.6) is 0 Å². The Labute approximate surface area is 242 Å². The fraction of sp³-hybridized carbons (Fsp3) is 0.312. The topological polar surface area (TPSA) is 93.1 Å². The first-order valence-corrected chi connectivity index (χ1v) is 14.3. The number of fused-ring (bicyclic) bond motifs is 4. The van der Waals surface area contributed by atoms with Crippen LogP contribution in [0.3, 0.4) is 0 Å². The van der Waals surface area contributed by atoms with Crippen LogP contribution < -0.4 is 10.6 Å². The summed E-state index contributed by atoms with van der Waals surface area (Å²) >= 11 is 6.31. The zero-order chi connectivity index (χ0) is 28.7. The molecule has 0 saturated heterocycles. The van der Waals surface area contributed by atoms with E-state index in [4.69, 9.17) is 11.6 Å². The summed E-state index contributed by atoms with van der Waals surface area (Å²) in [5.41, 5.74) is 1.21. The third-order valence-corrected chi connectivity index (χ3v) is 8.97. The van der Waals surface area contributed by atoms with Gasteiger partial charge in [0.15, 0.2) is 11.6 Å². The molecule has 1 atom stereocenters. The highest BCUT2D eigenvalue weighted by Gasteiger charge is 2.51. The number of ketones is 1. The van der Waals surface area contributed by atoms with Gasteiger partial charge < -0.3 is 10.6 Å². The fourth-order valence-corrected chi connectivity index (χ4v) is 6.84. The molecule has 7 rings (SSSR count). The monoisotopic (exact) mass is 572 g/mol. The quantitative estimate of drug-likeness (QED) is 0.251. The van der Waals surface area contributed by atoms with Gasteiger partial charge in [0.1, 0.15) is 12.2 Å². The van der Waals surface area contributed by atoms with Crippen molar-refractivity contribution in [1.29, 1.82) is 0 Å². The molecular formula is C32H30ClFN4O3. The number of amides is 2. The molecule has 4 aromatic rings. The number of rotatable bonds is 7. The highest BCUT2D eigenvalue weighted by atomic mass is 35.5. The molecule has 0 aliphatic heterocycles. The van der Waals surface area contributed by atoms with Crippen LogP contribution in [0.25, 0.3) is 22.0 Å². The maximum Gasteiger partial charge on any atom is 0.242 e. The van der Waals surface area contributed by atoms with E-state index in [-0.39, 0.29) is 29.8 Å². The Morgan fingerprint density at radius 3 is 2.46 bits per heavy atom. The highest BCUT2D eigenvalue weighted by molar-refractivity contribution is 6.33. The van der Waals surface area contributed by atoms with Crippen molar-refractivity contribution in [1.82, 2.24) is 15.1 Å². The predicted molar refractivity (Wildman–Crippen MR) is 156 cm³/mol. The number of Topliss-reactive ketones (excluding diaryl/α,β-unsaturated/α-hetero) is 1. The lowest BCUT2D eigenvalue weighted by Crippen LogP contribution is -2.62. The average Bonchev–Trinajstić information content (AvgIpc) is 3.33. The van der Waals surface area contributed by atoms with E-state index < -0.39 is 17.3 Å². The van der Waals surface area contributed by atoms with Crippen LogP contribution in [0.1, 0.15) is 49.5 Å². The minimum atomic E-state index is -0.737. The van der Waals surface area contributed by atoms with Crippen molar-refractivity contribution in [3.8, 4) is 11.1 Å². The standard InChI is InChI=1S/C32H30ClFN4O3/c1-19(39)30-23-8-3-5-12-27(23)38(37-30)18-28(40)36-32-15-13-20(14-16-32)17-24(32)31(41)35-26-11-6-9-22(29(26)34)21-7-2-4-10-25(21)33/h2-12,20,24H,13-18H2,1H3,(H,35,41)(H,36,40). The third-order valence-electron chi connectivity index (χ3n) is 8.64. The van der Waals surface area contributed by atoms with Crippen molar-refractivity contribution in [3.63, 3.8) is 0 Å². The van der Waals surface area contributed by atoms with Crippen molar-refractivity contribution in [2.24, 2.45) is 11.8 Å². The zero-order valence-electron chi connectivity index (χ0n) is 22.6. The lowest BCUT2D eigenvalue weighted by molar-refractivity contribution is -0.132. The lowest BCUT2D eigenvalue weighted by Gasteiger charge is -2.51. The minimum Gasteiger partial charge on any atom is -0.348 e. The fourth-order valence-electron chi connectivity index (χ4n) is 6.60.